The lowest BCUT2D eigenvalue weighted by Crippen LogP contribution is -2.27. The monoisotopic (exact) mass is 562 g/mol. The minimum atomic E-state index is -0.557. The number of hydrogen-bond acceptors (Lipinski definition) is 7. The van der Waals surface area contributed by atoms with Gasteiger partial charge in [-0.15, -0.1) is 11.3 Å². The fourth-order valence-corrected chi connectivity index (χ4v) is 5.55. The Balaban J connectivity index is 1.22. The van der Waals surface area contributed by atoms with Gasteiger partial charge < -0.3 is 19.5 Å². The zero-order valence-electron chi connectivity index (χ0n) is 22.3. The summed E-state index contributed by atoms with van der Waals surface area (Å²) in [5, 5.41) is 8.31. The van der Waals surface area contributed by atoms with Gasteiger partial charge in [0.2, 0.25) is 11.9 Å². The molecule has 2 atom stereocenters. The number of pyridine rings is 1. The Labute approximate surface area is 236 Å². The standard InChI is InChI=1S/C29H31FN6O3S/c1-3-36(23-8-6-22(7-9-23)32-27(37)21-11-14-39-17-21)19(2)24-18-40-29(33-24)34-28(38)25-5-4-13-35(25)16-20-10-12-31-26(30)15-20/h4-10,12-13,15,18-19,21H,3,11,14,16-17H2,1-2H3,(H,32,37)(H,33,34,38). The molecule has 1 aromatic carbocycles. The molecule has 3 aromatic heterocycles. The van der Waals surface area contributed by atoms with Crippen molar-refractivity contribution in [3.8, 4) is 0 Å². The Morgan fingerprint density at radius 3 is 2.77 bits per heavy atom. The van der Waals surface area contributed by atoms with Crippen LogP contribution in [0.3, 0.4) is 0 Å². The molecule has 0 spiro atoms. The van der Waals surface area contributed by atoms with E-state index in [0.29, 0.717) is 36.1 Å². The molecular weight excluding hydrogens is 531 g/mol. The second-order valence-corrected chi connectivity index (χ2v) is 10.5. The van der Waals surface area contributed by atoms with Crippen LogP contribution in [-0.4, -0.2) is 46.1 Å². The summed E-state index contributed by atoms with van der Waals surface area (Å²) < 4.78 is 20.6. The first-order valence-corrected chi connectivity index (χ1v) is 14.1. The highest BCUT2D eigenvalue weighted by Crippen LogP contribution is 2.30. The molecule has 2 unspecified atom stereocenters. The molecule has 1 aliphatic rings. The van der Waals surface area contributed by atoms with Crippen LogP contribution < -0.4 is 15.5 Å². The van der Waals surface area contributed by atoms with Crippen molar-refractivity contribution in [1.29, 1.82) is 0 Å². The van der Waals surface area contributed by atoms with Crippen molar-refractivity contribution in [1.82, 2.24) is 14.5 Å². The number of carbonyl (C=O) groups is 2. The molecule has 0 radical (unpaired) electrons. The lowest BCUT2D eigenvalue weighted by Gasteiger charge is -2.29. The number of halogens is 1. The molecular formula is C29H31FN6O3S. The van der Waals surface area contributed by atoms with Gasteiger partial charge in [-0.05, 0) is 74.4 Å². The molecule has 1 fully saturated rings. The van der Waals surface area contributed by atoms with Gasteiger partial charge in [0, 0.05) is 48.8 Å². The number of carbonyl (C=O) groups excluding carboxylic acids is 2. The van der Waals surface area contributed by atoms with Gasteiger partial charge in [0.05, 0.1) is 24.3 Å². The molecule has 5 rings (SSSR count). The van der Waals surface area contributed by atoms with Crippen LogP contribution in [0.15, 0.2) is 66.3 Å². The van der Waals surface area contributed by atoms with Crippen molar-refractivity contribution in [2.24, 2.45) is 5.92 Å². The molecule has 40 heavy (non-hydrogen) atoms. The van der Waals surface area contributed by atoms with E-state index in [0.717, 1.165) is 30.0 Å². The molecule has 0 bridgehead atoms. The summed E-state index contributed by atoms with van der Waals surface area (Å²) in [6.45, 7) is 6.33. The van der Waals surface area contributed by atoms with Crippen LogP contribution in [0.4, 0.5) is 20.9 Å². The average molecular weight is 563 g/mol. The van der Waals surface area contributed by atoms with Crippen LogP contribution in [0.5, 0.6) is 0 Å². The number of nitrogens with zero attached hydrogens (tertiary/aromatic N) is 4. The predicted octanol–water partition coefficient (Wildman–Crippen LogP) is 5.34. The first-order chi connectivity index (χ1) is 19.4. The number of ether oxygens (including phenoxy) is 1. The summed E-state index contributed by atoms with van der Waals surface area (Å²) in [5.74, 6) is -0.955. The topological polar surface area (TPSA) is 101 Å². The first-order valence-electron chi connectivity index (χ1n) is 13.2. The van der Waals surface area contributed by atoms with Crippen LogP contribution >= 0.6 is 11.3 Å². The SMILES string of the molecule is CCN(c1ccc(NC(=O)C2CCOC2)cc1)C(C)c1csc(NC(=O)c2cccn2Cc2ccnc(F)c2)n1. The largest absolute Gasteiger partial charge is 0.381 e. The molecule has 2 amide bonds. The van der Waals surface area contributed by atoms with Gasteiger partial charge >= 0.3 is 0 Å². The quantitative estimate of drug-likeness (QED) is 0.253. The molecule has 1 saturated heterocycles. The molecule has 0 saturated carbocycles. The van der Waals surface area contributed by atoms with Crippen molar-refractivity contribution in [2.45, 2.75) is 32.9 Å². The maximum Gasteiger partial charge on any atom is 0.274 e. The fraction of sp³-hybridized carbons (Fsp3) is 0.310. The molecule has 4 aromatic rings. The van der Waals surface area contributed by atoms with Gasteiger partial charge in [0.15, 0.2) is 5.13 Å². The second kappa shape index (κ2) is 12.4. The highest BCUT2D eigenvalue weighted by atomic mass is 32.1. The third-order valence-corrected chi connectivity index (χ3v) is 7.73. The average Bonchev–Trinajstić information content (AvgIpc) is 3.73. The van der Waals surface area contributed by atoms with Crippen molar-refractivity contribution in [2.75, 3.05) is 35.3 Å². The van der Waals surface area contributed by atoms with E-state index in [1.807, 2.05) is 29.6 Å². The second-order valence-electron chi connectivity index (χ2n) is 9.60. The molecule has 208 valence electrons. The van der Waals surface area contributed by atoms with E-state index in [2.05, 4.69) is 39.3 Å². The normalized spacial score (nSPS) is 15.5. The molecule has 11 heteroatoms. The van der Waals surface area contributed by atoms with E-state index in [4.69, 9.17) is 4.74 Å². The molecule has 1 aliphatic heterocycles. The number of benzene rings is 1. The van der Waals surface area contributed by atoms with Crippen LogP contribution in [0.2, 0.25) is 0 Å². The van der Waals surface area contributed by atoms with Crippen molar-refractivity contribution in [3.05, 3.63) is 89.2 Å². The summed E-state index contributed by atoms with van der Waals surface area (Å²) >= 11 is 1.37. The van der Waals surface area contributed by atoms with E-state index < -0.39 is 5.95 Å². The van der Waals surface area contributed by atoms with Gasteiger partial charge in [-0.25, -0.2) is 9.97 Å². The summed E-state index contributed by atoms with van der Waals surface area (Å²) in [5.41, 5.74) is 3.75. The zero-order chi connectivity index (χ0) is 28.1. The van der Waals surface area contributed by atoms with E-state index >= 15 is 0 Å². The van der Waals surface area contributed by atoms with Crippen LogP contribution in [0.1, 0.15) is 48.1 Å². The molecule has 2 N–H and O–H groups in total. The van der Waals surface area contributed by atoms with Gasteiger partial charge in [0.1, 0.15) is 5.69 Å². The van der Waals surface area contributed by atoms with E-state index in [1.165, 1.54) is 23.6 Å². The predicted molar refractivity (Wildman–Crippen MR) is 153 cm³/mol. The summed E-state index contributed by atoms with van der Waals surface area (Å²) in [4.78, 5) is 35.9. The lowest BCUT2D eigenvalue weighted by atomic mass is 10.1. The first kappa shape index (κ1) is 27.5. The maximum absolute atomic E-state index is 13.5. The van der Waals surface area contributed by atoms with Crippen molar-refractivity contribution < 1.29 is 18.7 Å². The smallest absolute Gasteiger partial charge is 0.274 e. The highest BCUT2D eigenvalue weighted by molar-refractivity contribution is 7.14. The molecule has 9 nitrogen and oxygen atoms in total. The van der Waals surface area contributed by atoms with Crippen molar-refractivity contribution >= 4 is 39.7 Å². The van der Waals surface area contributed by atoms with Crippen molar-refractivity contribution in [3.63, 3.8) is 0 Å². The van der Waals surface area contributed by atoms with E-state index in [-0.39, 0.29) is 23.8 Å². The zero-order valence-corrected chi connectivity index (χ0v) is 23.2. The highest BCUT2D eigenvalue weighted by Gasteiger charge is 2.24. The number of rotatable bonds is 10. The number of thiazole rings is 1. The Kier molecular flexibility index (Phi) is 8.51. The van der Waals surface area contributed by atoms with E-state index in [1.54, 1.807) is 29.0 Å². The van der Waals surface area contributed by atoms with Gasteiger partial charge in [-0.2, -0.15) is 4.39 Å². The van der Waals surface area contributed by atoms with Crippen LogP contribution in [0.25, 0.3) is 0 Å². The Bertz CT molecular complexity index is 1460. The summed E-state index contributed by atoms with van der Waals surface area (Å²) in [6.07, 6.45) is 3.94. The number of aromatic nitrogens is 3. The number of amides is 2. The fourth-order valence-electron chi connectivity index (χ4n) is 4.75. The maximum atomic E-state index is 13.5. The van der Waals surface area contributed by atoms with Gasteiger partial charge in [-0.1, -0.05) is 0 Å². The Morgan fingerprint density at radius 2 is 2.05 bits per heavy atom. The van der Waals surface area contributed by atoms with Crippen LogP contribution in [0, 0.1) is 11.9 Å². The number of hydrogen-bond donors (Lipinski definition) is 2. The minimum absolute atomic E-state index is 0.0125. The Morgan fingerprint density at radius 1 is 1.23 bits per heavy atom. The summed E-state index contributed by atoms with van der Waals surface area (Å²) in [6, 6.07) is 14.3. The number of nitrogens with one attached hydrogen (secondary N) is 2. The Hall–Kier alpha value is -4.09. The molecule has 0 aliphatic carbocycles. The van der Waals surface area contributed by atoms with E-state index in [9.17, 15) is 14.0 Å². The minimum Gasteiger partial charge on any atom is -0.381 e. The van der Waals surface area contributed by atoms with Gasteiger partial charge in [0.25, 0.3) is 5.91 Å². The molecule has 4 heterocycles. The number of anilines is 3. The summed E-state index contributed by atoms with van der Waals surface area (Å²) in [7, 11) is 0. The lowest BCUT2D eigenvalue weighted by molar-refractivity contribution is -0.119. The van der Waals surface area contributed by atoms with Crippen LogP contribution in [-0.2, 0) is 16.1 Å². The van der Waals surface area contributed by atoms with Gasteiger partial charge in [-0.3, -0.25) is 14.9 Å². The third kappa shape index (κ3) is 6.37. The third-order valence-electron chi connectivity index (χ3n) is 6.95.